The maximum absolute atomic E-state index is 13.6. The number of anilines is 2. The minimum absolute atomic E-state index is 0.0826. The van der Waals surface area contributed by atoms with E-state index in [4.69, 9.17) is 11.5 Å². The van der Waals surface area contributed by atoms with Gasteiger partial charge in [0.05, 0.1) is 0 Å². The van der Waals surface area contributed by atoms with Gasteiger partial charge in [-0.05, 0) is 12.1 Å². The van der Waals surface area contributed by atoms with Crippen molar-refractivity contribution in [3.8, 4) is 11.1 Å². The molecule has 0 aliphatic carbocycles. The van der Waals surface area contributed by atoms with Crippen molar-refractivity contribution < 1.29 is 8.78 Å². The molecule has 0 unspecified atom stereocenters. The maximum Gasteiger partial charge on any atom is 0.219 e. The van der Waals surface area contributed by atoms with E-state index in [0.717, 1.165) is 6.07 Å². The van der Waals surface area contributed by atoms with Gasteiger partial charge in [0, 0.05) is 23.5 Å². The highest BCUT2D eigenvalue weighted by molar-refractivity contribution is 5.67. The van der Waals surface area contributed by atoms with Crippen molar-refractivity contribution in [1.82, 2.24) is 9.97 Å². The first-order valence-electron chi connectivity index (χ1n) is 4.41. The third-order valence-electron chi connectivity index (χ3n) is 2.11. The number of hydrogen-bond donors (Lipinski definition) is 2. The van der Waals surface area contributed by atoms with Crippen LogP contribution < -0.4 is 11.5 Å². The Hall–Kier alpha value is -2.24. The number of benzene rings is 1. The number of rotatable bonds is 1. The van der Waals surface area contributed by atoms with Crippen molar-refractivity contribution in [3.05, 3.63) is 36.2 Å². The molecule has 1 heterocycles. The van der Waals surface area contributed by atoms with Crippen molar-refractivity contribution >= 4 is 11.6 Å². The topological polar surface area (TPSA) is 77.8 Å². The van der Waals surface area contributed by atoms with E-state index in [1.807, 2.05) is 0 Å². The van der Waals surface area contributed by atoms with Crippen LogP contribution >= 0.6 is 0 Å². The predicted octanol–water partition coefficient (Wildman–Crippen LogP) is 1.59. The Labute approximate surface area is 89.9 Å². The van der Waals surface area contributed by atoms with Crippen LogP contribution in [0.15, 0.2) is 24.5 Å². The Morgan fingerprint density at radius 1 is 1.00 bits per heavy atom. The average Bonchev–Trinajstić information content (AvgIpc) is 2.28. The Morgan fingerprint density at radius 3 is 2.25 bits per heavy atom. The number of hydrogen-bond acceptors (Lipinski definition) is 4. The van der Waals surface area contributed by atoms with Crippen LogP contribution in [0.5, 0.6) is 0 Å². The molecule has 0 radical (unpaired) electrons. The van der Waals surface area contributed by atoms with Crippen LogP contribution in [0, 0.1) is 11.6 Å². The first-order chi connectivity index (χ1) is 7.59. The van der Waals surface area contributed by atoms with Gasteiger partial charge >= 0.3 is 0 Å². The summed E-state index contributed by atoms with van der Waals surface area (Å²) in [6.45, 7) is 0. The van der Waals surface area contributed by atoms with E-state index >= 15 is 0 Å². The predicted molar refractivity (Wildman–Crippen MR) is 56.2 cm³/mol. The quantitative estimate of drug-likeness (QED) is 0.718. The Kier molecular flexibility index (Phi) is 2.40. The van der Waals surface area contributed by atoms with Gasteiger partial charge in [0.1, 0.15) is 11.5 Å². The molecule has 0 aliphatic heterocycles. The number of nitrogens with two attached hydrogens (primary N) is 2. The molecule has 4 nitrogen and oxygen atoms in total. The lowest BCUT2D eigenvalue weighted by atomic mass is 10.1. The fourth-order valence-electron chi connectivity index (χ4n) is 1.27. The lowest BCUT2D eigenvalue weighted by Gasteiger charge is -2.05. The van der Waals surface area contributed by atoms with Gasteiger partial charge in [-0.2, -0.15) is 0 Å². The van der Waals surface area contributed by atoms with Crippen molar-refractivity contribution in [2.45, 2.75) is 0 Å². The Balaban J connectivity index is 2.57. The molecule has 1 aromatic heterocycles. The van der Waals surface area contributed by atoms with Gasteiger partial charge in [-0.15, -0.1) is 0 Å². The molecule has 2 aromatic rings. The minimum Gasteiger partial charge on any atom is -0.394 e. The van der Waals surface area contributed by atoms with Gasteiger partial charge in [0.15, 0.2) is 5.82 Å². The molecule has 1 aromatic carbocycles. The number of nitrogen functional groups attached to an aromatic ring is 2. The zero-order chi connectivity index (χ0) is 11.7. The highest BCUT2D eigenvalue weighted by atomic mass is 19.1. The highest BCUT2D eigenvalue weighted by Gasteiger charge is 2.12. The molecule has 2 rings (SSSR count). The number of nitrogens with zero attached hydrogens (tertiary/aromatic N) is 2. The zero-order valence-electron chi connectivity index (χ0n) is 8.11. The summed E-state index contributed by atoms with van der Waals surface area (Å²) in [5.74, 6) is -1.54. The lowest BCUT2D eigenvalue weighted by molar-refractivity contribution is 0.594. The minimum atomic E-state index is -0.826. The molecule has 82 valence electrons. The van der Waals surface area contributed by atoms with Crippen LogP contribution in [0.4, 0.5) is 20.4 Å². The van der Waals surface area contributed by atoms with Crippen molar-refractivity contribution in [3.63, 3.8) is 0 Å². The molecule has 0 spiro atoms. The average molecular weight is 222 g/mol. The van der Waals surface area contributed by atoms with E-state index in [-0.39, 0.29) is 11.5 Å². The highest BCUT2D eigenvalue weighted by Crippen LogP contribution is 2.27. The summed E-state index contributed by atoms with van der Waals surface area (Å²) < 4.78 is 26.5. The molecule has 16 heavy (non-hydrogen) atoms. The summed E-state index contributed by atoms with van der Waals surface area (Å²) >= 11 is 0. The van der Waals surface area contributed by atoms with Gasteiger partial charge in [-0.25, -0.2) is 18.7 Å². The van der Waals surface area contributed by atoms with Gasteiger partial charge in [0.25, 0.3) is 0 Å². The van der Waals surface area contributed by atoms with E-state index in [1.165, 1.54) is 18.5 Å². The smallest absolute Gasteiger partial charge is 0.219 e. The van der Waals surface area contributed by atoms with Crippen LogP contribution in [0.3, 0.4) is 0 Å². The van der Waals surface area contributed by atoms with Crippen LogP contribution in [-0.4, -0.2) is 9.97 Å². The second-order valence-electron chi connectivity index (χ2n) is 3.15. The first-order valence-corrected chi connectivity index (χ1v) is 4.41. The van der Waals surface area contributed by atoms with Gasteiger partial charge < -0.3 is 11.5 Å². The van der Waals surface area contributed by atoms with Crippen molar-refractivity contribution in [2.75, 3.05) is 11.5 Å². The molecule has 0 aliphatic rings. The van der Waals surface area contributed by atoms with E-state index in [9.17, 15) is 8.78 Å². The Bertz CT molecular complexity index is 525. The maximum atomic E-state index is 13.6. The molecule has 6 heteroatoms. The molecule has 0 fully saturated rings. The zero-order valence-corrected chi connectivity index (χ0v) is 8.11. The first kappa shape index (κ1) is 10.3. The lowest BCUT2D eigenvalue weighted by Crippen LogP contribution is -1.99. The standard InChI is InChI=1S/C10H8F2N4/c11-7-2-1-6(8(12)9(7)13)5-3-15-10(14)16-4-5/h1-4H,13H2,(H2,14,15,16). The van der Waals surface area contributed by atoms with Crippen LogP contribution in [-0.2, 0) is 0 Å². The molecular formula is C10H8F2N4. The third kappa shape index (κ3) is 1.65. The fraction of sp³-hybridized carbons (Fsp3) is 0. The second-order valence-corrected chi connectivity index (χ2v) is 3.15. The summed E-state index contributed by atoms with van der Waals surface area (Å²) in [6, 6.07) is 2.36. The summed E-state index contributed by atoms with van der Waals surface area (Å²) in [7, 11) is 0. The normalized spacial score (nSPS) is 10.4. The molecule has 4 N–H and O–H groups in total. The third-order valence-corrected chi connectivity index (χ3v) is 2.11. The summed E-state index contributed by atoms with van der Waals surface area (Å²) in [6.07, 6.45) is 2.69. The number of aromatic nitrogens is 2. The largest absolute Gasteiger partial charge is 0.394 e. The second kappa shape index (κ2) is 3.73. The molecule has 0 saturated heterocycles. The van der Waals surface area contributed by atoms with Crippen molar-refractivity contribution in [1.29, 1.82) is 0 Å². The van der Waals surface area contributed by atoms with Gasteiger partial charge in [-0.1, -0.05) is 0 Å². The van der Waals surface area contributed by atoms with E-state index in [2.05, 4.69) is 9.97 Å². The monoisotopic (exact) mass is 222 g/mol. The molecule has 0 atom stereocenters. The van der Waals surface area contributed by atoms with E-state index < -0.39 is 17.3 Å². The molecule has 0 bridgehead atoms. The molecule has 0 saturated carbocycles. The van der Waals surface area contributed by atoms with E-state index in [1.54, 1.807) is 0 Å². The van der Waals surface area contributed by atoms with Crippen molar-refractivity contribution in [2.24, 2.45) is 0 Å². The van der Waals surface area contributed by atoms with E-state index in [0.29, 0.717) is 5.56 Å². The Morgan fingerprint density at radius 2 is 1.62 bits per heavy atom. The van der Waals surface area contributed by atoms with Gasteiger partial charge in [-0.3, -0.25) is 0 Å². The fourth-order valence-corrected chi connectivity index (χ4v) is 1.27. The SMILES string of the molecule is Nc1ncc(-c2ccc(F)c(N)c2F)cn1. The summed E-state index contributed by atoms with van der Waals surface area (Å²) in [5.41, 5.74) is 10.5. The van der Waals surface area contributed by atoms with Crippen LogP contribution in [0.2, 0.25) is 0 Å². The summed E-state index contributed by atoms with van der Waals surface area (Å²) in [5, 5.41) is 0. The molecule has 0 amide bonds. The molecular weight excluding hydrogens is 214 g/mol. The van der Waals surface area contributed by atoms with Gasteiger partial charge in [0.2, 0.25) is 5.95 Å². The summed E-state index contributed by atoms with van der Waals surface area (Å²) in [4.78, 5) is 7.43. The van der Waals surface area contributed by atoms with Crippen LogP contribution in [0.25, 0.3) is 11.1 Å². The number of halogens is 2. The van der Waals surface area contributed by atoms with Crippen LogP contribution in [0.1, 0.15) is 0 Å².